The lowest BCUT2D eigenvalue weighted by Gasteiger charge is -2.18. The molecule has 3 nitrogen and oxygen atoms in total. The molecule has 0 radical (unpaired) electrons. The first-order valence-electron chi connectivity index (χ1n) is 4.70. The van der Waals surface area contributed by atoms with E-state index in [0.717, 1.165) is 16.7 Å². The summed E-state index contributed by atoms with van der Waals surface area (Å²) in [6.07, 6.45) is -0.609. The number of hydrogen-bond donors (Lipinski definition) is 3. The average molecular weight is 195 g/mol. The zero-order valence-electron chi connectivity index (χ0n) is 8.57. The van der Waals surface area contributed by atoms with Crippen LogP contribution in [0, 0.1) is 6.92 Å². The lowest BCUT2D eigenvalue weighted by Crippen LogP contribution is -2.24. The molecule has 0 fully saturated rings. The second kappa shape index (κ2) is 4.55. The molecule has 0 spiro atoms. The van der Waals surface area contributed by atoms with Gasteiger partial charge in [0.1, 0.15) is 0 Å². The van der Waals surface area contributed by atoms with Gasteiger partial charge in [-0.3, -0.25) is 0 Å². The van der Waals surface area contributed by atoms with Crippen LogP contribution in [-0.2, 0) is 6.61 Å². The Morgan fingerprint density at radius 2 is 2.07 bits per heavy atom. The second-order valence-corrected chi connectivity index (χ2v) is 3.63. The van der Waals surface area contributed by atoms with E-state index >= 15 is 0 Å². The summed E-state index contributed by atoms with van der Waals surface area (Å²) in [4.78, 5) is 0. The van der Waals surface area contributed by atoms with Gasteiger partial charge in [0, 0.05) is 0 Å². The third-order valence-corrected chi connectivity index (χ3v) is 2.35. The summed E-state index contributed by atoms with van der Waals surface area (Å²) < 4.78 is 0. The largest absolute Gasteiger partial charge is 0.392 e. The summed E-state index contributed by atoms with van der Waals surface area (Å²) in [5.74, 6) is 0. The minimum atomic E-state index is -0.609. The Balaban J connectivity index is 3.10. The van der Waals surface area contributed by atoms with Crippen molar-refractivity contribution in [1.29, 1.82) is 0 Å². The van der Waals surface area contributed by atoms with Crippen LogP contribution in [-0.4, -0.2) is 16.3 Å². The van der Waals surface area contributed by atoms with E-state index in [-0.39, 0.29) is 6.61 Å². The van der Waals surface area contributed by atoms with Crippen LogP contribution in [0.5, 0.6) is 0 Å². The highest BCUT2D eigenvalue weighted by Gasteiger charge is 2.15. The maximum absolute atomic E-state index is 9.38. The molecule has 0 aliphatic rings. The van der Waals surface area contributed by atoms with Crippen LogP contribution in [0.15, 0.2) is 18.2 Å². The van der Waals surface area contributed by atoms with E-state index in [1.807, 2.05) is 25.1 Å². The molecule has 78 valence electrons. The minimum absolute atomic E-state index is 0.0456. The van der Waals surface area contributed by atoms with E-state index in [0.29, 0.717) is 0 Å². The summed E-state index contributed by atoms with van der Waals surface area (Å²) in [6.45, 7) is 3.56. The fraction of sp³-hybridized carbons (Fsp3) is 0.455. The zero-order chi connectivity index (χ0) is 10.7. The normalized spacial score (nSPS) is 15.2. The molecule has 14 heavy (non-hydrogen) atoms. The van der Waals surface area contributed by atoms with Gasteiger partial charge in [-0.1, -0.05) is 23.8 Å². The van der Waals surface area contributed by atoms with Crippen molar-refractivity contribution in [3.8, 4) is 0 Å². The monoisotopic (exact) mass is 195 g/mol. The van der Waals surface area contributed by atoms with Crippen molar-refractivity contribution in [2.24, 2.45) is 5.73 Å². The predicted octanol–water partition coefficient (Wildman–Crippen LogP) is 0.868. The van der Waals surface area contributed by atoms with Crippen molar-refractivity contribution < 1.29 is 10.2 Å². The van der Waals surface area contributed by atoms with Gasteiger partial charge < -0.3 is 15.9 Å². The Morgan fingerprint density at radius 3 is 2.57 bits per heavy atom. The molecule has 0 aliphatic carbocycles. The molecule has 0 aromatic heterocycles. The van der Waals surface area contributed by atoms with Crippen molar-refractivity contribution in [3.05, 3.63) is 34.9 Å². The Morgan fingerprint density at radius 1 is 1.43 bits per heavy atom. The van der Waals surface area contributed by atoms with Crippen LogP contribution >= 0.6 is 0 Å². The van der Waals surface area contributed by atoms with Gasteiger partial charge in [0.05, 0.1) is 18.8 Å². The van der Waals surface area contributed by atoms with Crippen molar-refractivity contribution in [2.45, 2.75) is 32.6 Å². The maximum atomic E-state index is 9.38. The molecule has 0 saturated heterocycles. The Labute approximate surface area is 84.2 Å². The van der Waals surface area contributed by atoms with E-state index < -0.39 is 12.1 Å². The summed E-state index contributed by atoms with van der Waals surface area (Å²) in [5.41, 5.74) is 8.50. The van der Waals surface area contributed by atoms with Gasteiger partial charge in [0.25, 0.3) is 0 Å². The summed E-state index contributed by atoms with van der Waals surface area (Å²) >= 11 is 0. The van der Waals surface area contributed by atoms with Crippen LogP contribution in [0.2, 0.25) is 0 Å². The quantitative estimate of drug-likeness (QED) is 0.670. The van der Waals surface area contributed by atoms with Gasteiger partial charge in [0.2, 0.25) is 0 Å². The van der Waals surface area contributed by atoms with Gasteiger partial charge in [-0.2, -0.15) is 0 Å². The fourth-order valence-corrected chi connectivity index (χ4v) is 1.43. The summed E-state index contributed by atoms with van der Waals surface area (Å²) in [6, 6.07) is 5.23. The number of nitrogens with two attached hydrogens (primary N) is 1. The smallest absolute Gasteiger partial charge is 0.0704 e. The average Bonchev–Trinajstić information content (AvgIpc) is 2.16. The number of aliphatic hydroxyl groups is 2. The first kappa shape index (κ1) is 11.2. The van der Waals surface area contributed by atoms with Gasteiger partial charge in [-0.25, -0.2) is 0 Å². The fourth-order valence-electron chi connectivity index (χ4n) is 1.43. The van der Waals surface area contributed by atoms with Gasteiger partial charge in [0.15, 0.2) is 0 Å². The lowest BCUT2D eigenvalue weighted by molar-refractivity contribution is 0.163. The van der Waals surface area contributed by atoms with Crippen molar-refractivity contribution in [3.63, 3.8) is 0 Å². The molecule has 1 unspecified atom stereocenters. The minimum Gasteiger partial charge on any atom is -0.392 e. The van der Waals surface area contributed by atoms with E-state index in [1.165, 1.54) is 0 Å². The molecule has 2 atom stereocenters. The number of rotatable bonds is 3. The SMILES string of the molecule is Cc1ccc(CO)c([C@H](N)C(C)O)c1. The Bertz CT molecular complexity index is 310. The molecular weight excluding hydrogens is 178 g/mol. The zero-order valence-corrected chi connectivity index (χ0v) is 8.57. The number of aryl methyl sites for hydroxylation is 1. The third kappa shape index (κ3) is 2.32. The van der Waals surface area contributed by atoms with E-state index in [4.69, 9.17) is 10.8 Å². The molecule has 0 amide bonds. The maximum Gasteiger partial charge on any atom is 0.0704 e. The van der Waals surface area contributed by atoms with Crippen LogP contribution in [0.25, 0.3) is 0 Å². The second-order valence-electron chi connectivity index (χ2n) is 3.63. The highest BCUT2D eigenvalue weighted by atomic mass is 16.3. The Hall–Kier alpha value is -0.900. The number of aliphatic hydroxyl groups excluding tert-OH is 2. The number of benzene rings is 1. The van der Waals surface area contributed by atoms with Gasteiger partial charge >= 0.3 is 0 Å². The topological polar surface area (TPSA) is 66.5 Å². The third-order valence-electron chi connectivity index (χ3n) is 2.35. The van der Waals surface area contributed by atoms with E-state index in [2.05, 4.69) is 0 Å². The van der Waals surface area contributed by atoms with E-state index in [1.54, 1.807) is 6.92 Å². The van der Waals surface area contributed by atoms with Crippen molar-refractivity contribution in [2.75, 3.05) is 0 Å². The van der Waals surface area contributed by atoms with Crippen LogP contribution in [0.3, 0.4) is 0 Å². The van der Waals surface area contributed by atoms with Crippen molar-refractivity contribution >= 4 is 0 Å². The van der Waals surface area contributed by atoms with E-state index in [9.17, 15) is 5.11 Å². The lowest BCUT2D eigenvalue weighted by atomic mass is 9.96. The first-order valence-corrected chi connectivity index (χ1v) is 4.70. The highest BCUT2D eigenvalue weighted by Crippen LogP contribution is 2.20. The molecule has 4 N–H and O–H groups in total. The Kier molecular flexibility index (Phi) is 3.63. The summed E-state index contributed by atoms with van der Waals surface area (Å²) in [7, 11) is 0. The molecule has 0 heterocycles. The number of hydrogen-bond acceptors (Lipinski definition) is 3. The standard InChI is InChI=1S/C11H17NO2/c1-7-3-4-9(6-13)10(5-7)11(12)8(2)14/h3-5,8,11,13-14H,6,12H2,1-2H3/t8?,11-/m1/s1. The van der Waals surface area contributed by atoms with Crippen molar-refractivity contribution in [1.82, 2.24) is 0 Å². The predicted molar refractivity (Wildman–Crippen MR) is 55.7 cm³/mol. The molecule has 0 saturated carbocycles. The molecule has 1 aromatic carbocycles. The van der Waals surface area contributed by atoms with Crippen LogP contribution < -0.4 is 5.73 Å². The van der Waals surface area contributed by atoms with Crippen LogP contribution in [0.1, 0.15) is 29.7 Å². The molecule has 3 heteroatoms. The molecular formula is C11H17NO2. The highest BCUT2D eigenvalue weighted by molar-refractivity contribution is 5.33. The van der Waals surface area contributed by atoms with Gasteiger partial charge in [-0.05, 0) is 25.0 Å². The molecule has 0 aliphatic heterocycles. The molecule has 1 aromatic rings. The molecule has 0 bridgehead atoms. The first-order chi connectivity index (χ1) is 6.56. The van der Waals surface area contributed by atoms with Gasteiger partial charge in [-0.15, -0.1) is 0 Å². The summed E-state index contributed by atoms with van der Waals surface area (Å²) in [5, 5.41) is 18.5. The van der Waals surface area contributed by atoms with Crippen LogP contribution in [0.4, 0.5) is 0 Å². The molecule has 1 rings (SSSR count).